The van der Waals surface area contributed by atoms with Crippen molar-refractivity contribution in [2.24, 2.45) is 0 Å². The maximum absolute atomic E-state index is 13.2. The lowest BCUT2D eigenvalue weighted by molar-refractivity contribution is -0.131. The van der Waals surface area contributed by atoms with Gasteiger partial charge in [-0.2, -0.15) is 0 Å². The summed E-state index contributed by atoms with van der Waals surface area (Å²) < 4.78 is 13.2. The van der Waals surface area contributed by atoms with E-state index in [2.05, 4.69) is 31.2 Å². The van der Waals surface area contributed by atoms with Crippen LogP contribution < -0.4 is 0 Å². The monoisotopic (exact) mass is 297 g/mol. The Morgan fingerprint density at radius 2 is 2.00 bits per heavy atom. The Hall–Kier alpha value is -2.16. The maximum atomic E-state index is 13.2. The molecule has 1 heterocycles. The third kappa shape index (κ3) is 3.19. The topological polar surface area (TPSA) is 20.3 Å². The quantitative estimate of drug-likeness (QED) is 0.837. The molecule has 1 fully saturated rings. The van der Waals surface area contributed by atoms with E-state index < -0.39 is 0 Å². The van der Waals surface area contributed by atoms with Crippen LogP contribution in [0, 0.1) is 12.7 Å². The minimum Gasteiger partial charge on any atom is -0.335 e. The van der Waals surface area contributed by atoms with Crippen molar-refractivity contribution in [3.8, 4) is 0 Å². The van der Waals surface area contributed by atoms with Crippen LogP contribution in [0.15, 0.2) is 48.5 Å². The number of hydrogen-bond donors (Lipinski definition) is 0. The largest absolute Gasteiger partial charge is 0.335 e. The van der Waals surface area contributed by atoms with E-state index in [9.17, 15) is 9.18 Å². The second kappa shape index (κ2) is 6.30. The van der Waals surface area contributed by atoms with Crippen LogP contribution >= 0.6 is 0 Å². The fourth-order valence-corrected chi connectivity index (χ4v) is 3.12. The van der Waals surface area contributed by atoms with Crippen molar-refractivity contribution in [3.63, 3.8) is 0 Å². The number of amides is 1. The molecule has 1 amide bonds. The molecule has 1 saturated heterocycles. The number of carbonyl (C=O) groups excluding carboxylic acids is 1. The molecule has 0 spiro atoms. The molecule has 0 saturated carbocycles. The minimum atomic E-state index is -0.290. The molecule has 114 valence electrons. The van der Waals surface area contributed by atoms with E-state index in [-0.39, 0.29) is 24.2 Å². The van der Waals surface area contributed by atoms with Crippen LogP contribution in [0.3, 0.4) is 0 Å². The van der Waals surface area contributed by atoms with Crippen LogP contribution in [0.5, 0.6) is 0 Å². The number of rotatable bonds is 3. The first-order chi connectivity index (χ1) is 10.6. The predicted octanol–water partition coefficient (Wildman–Crippen LogP) is 4.04. The van der Waals surface area contributed by atoms with Gasteiger partial charge >= 0.3 is 0 Å². The third-order valence-electron chi connectivity index (χ3n) is 4.28. The molecule has 1 aliphatic heterocycles. The number of benzene rings is 2. The van der Waals surface area contributed by atoms with Crippen molar-refractivity contribution < 1.29 is 9.18 Å². The van der Waals surface area contributed by atoms with E-state index in [4.69, 9.17) is 0 Å². The van der Waals surface area contributed by atoms with Crippen LogP contribution in [0.2, 0.25) is 0 Å². The summed E-state index contributed by atoms with van der Waals surface area (Å²) in [5, 5.41) is 0. The van der Waals surface area contributed by atoms with Crippen LogP contribution in [0.25, 0.3) is 0 Å². The summed E-state index contributed by atoms with van der Waals surface area (Å²) in [6, 6.07) is 14.8. The standard InChI is InChI=1S/C19H20FNO/c1-14-7-9-16(10-8-14)18-6-3-11-21(18)19(22)13-15-4-2-5-17(20)12-15/h2,4-5,7-10,12,18H,3,6,11,13H2,1H3. The van der Waals surface area contributed by atoms with Crippen LogP contribution in [-0.2, 0) is 11.2 Å². The Labute approximate surface area is 130 Å². The smallest absolute Gasteiger partial charge is 0.227 e. The highest BCUT2D eigenvalue weighted by Crippen LogP contribution is 2.32. The van der Waals surface area contributed by atoms with Crippen molar-refractivity contribution >= 4 is 5.91 Å². The summed E-state index contributed by atoms with van der Waals surface area (Å²) in [7, 11) is 0. The third-order valence-corrected chi connectivity index (χ3v) is 4.28. The summed E-state index contributed by atoms with van der Waals surface area (Å²) in [4.78, 5) is 14.5. The predicted molar refractivity (Wildman–Crippen MR) is 85.0 cm³/mol. The second-order valence-corrected chi connectivity index (χ2v) is 5.96. The van der Waals surface area contributed by atoms with Gasteiger partial charge in [0.2, 0.25) is 5.91 Å². The first-order valence-corrected chi connectivity index (χ1v) is 7.74. The Balaban J connectivity index is 1.75. The summed E-state index contributed by atoms with van der Waals surface area (Å²) in [6.07, 6.45) is 2.28. The number of nitrogens with zero attached hydrogens (tertiary/aromatic N) is 1. The molecule has 2 aromatic rings. The Kier molecular flexibility index (Phi) is 4.23. The van der Waals surface area contributed by atoms with Gasteiger partial charge in [0, 0.05) is 6.54 Å². The van der Waals surface area contributed by atoms with E-state index in [1.807, 2.05) is 4.90 Å². The Bertz CT molecular complexity index is 665. The van der Waals surface area contributed by atoms with Gasteiger partial charge in [-0.25, -0.2) is 4.39 Å². The van der Waals surface area contributed by atoms with Gasteiger partial charge in [-0.3, -0.25) is 4.79 Å². The highest BCUT2D eigenvalue weighted by atomic mass is 19.1. The molecule has 1 atom stereocenters. The van der Waals surface area contributed by atoms with Crippen LogP contribution in [-0.4, -0.2) is 17.4 Å². The molecule has 1 aliphatic rings. The van der Waals surface area contributed by atoms with Gasteiger partial charge in [0.15, 0.2) is 0 Å². The van der Waals surface area contributed by atoms with Gasteiger partial charge in [-0.05, 0) is 43.0 Å². The first-order valence-electron chi connectivity index (χ1n) is 7.74. The van der Waals surface area contributed by atoms with Crippen molar-refractivity contribution in [2.75, 3.05) is 6.54 Å². The van der Waals surface area contributed by atoms with Crippen molar-refractivity contribution in [1.82, 2.24) is 4.90 Å². The number of likely N-dealkylation sites (tertiary alicyclic amines) is 1. The zero-order chi connectivity index (χ0) is 15.5. The second-order valence-electron chi connectivity index (χ2n) is 5.96. The Morgan fingerprint density at radius 1 is 1.23 bits per heavy atom. The van der Waals surface area contributed by atoms with E-state index in [1.54, 1.807) is 12.1 Å². The average Bonchev–Trinajstić information content (AvgIpc) is 2.97. The molecule has 3 rings (SSSR count). The van der Waals surface area contributed by atoms with Gasteiger partial charge in [0.1, 0.15) is 5.82 Å². The lowest BCUT2D eigenvalue weighted by atomic mass is 10.0. The molecular weight excluding hydrogens is 277 g/mol. The van der Waals surface area contributed by atoms with Crippen molar-refractivity contribution in [3.05, 3.63) is 71.0 Å². The normalized spacial score (nSPS) is 17.7. The fourth-order valence-electron chi connectivity index (χ4n) is 3.12. The van der Waals surface area contributed by atoms with E-state index in [1.165, 1.54) is 23.3 Å². The Morgan fingerprint density at radius 3 is 2.73 bits per heavy atom. The lowest BCUT2D eigenvalue weighted by Crippen LogP contribution is -2.31. The molecule has 2 aromatic carbocycles. The van der Waals surface area contributed by atoms with Crippen LogP contribution in [0.4, 0.5) is 4.39 Å². The van der Waals surface area contributed by atoms with Crippen molar-refractivity contribution in [1.29, 1.82) is 0 Å². The zero-order valence-electron chi connectivity index (χ0n) is 12.8. The summed E-state index contributed by atoms with van der Waals surface area (Å²) >= 11 is 0. The molecular formula is C19H20FNO. The molecule has 0 radical (unpaired) electrons. The number of hydrogen-bond acceptors (Lipinski definition) is 1. The summed E-state index contributed by atoms with van der Waals surface area (Å²) in [5.41, 5.74) is 3.15. The molecule has 0 aromatic heterocycles. The van der Waals surface area contributed by atoms with Gasteiger partial charge in [-0.15, -0.1) is 0 Å². The molecule has 22 heavy (non-hydrogen) atoms. The summed E-state index contributed by atoms with van der Waals surface area (Å²) in [6.45, 7) is 2.85. The van der Waals surface area contributed by atoms with E-state index in [0.717, 1.165) is 24.9 Å². The summed E-state index contributed by atoms with van der Waals surface area (Å²) in [5.74, 6) is -0.213. The van der Waals surface area contributed by atoms with Crippen LogP contribution in [0.1, 0.15) is 35.6 Å². The van der Waals surface area contributed by atoms with Gasteiger partial charge in [0.25, 0.3) is 0 Å². The highest BCUT2D eigenvalue weighted by Gasteiger charge is 2.29. The highest BCUT2D eigenvalue weighted by molar-refractivity contribution is 5.79. The van der Waals surface area contributed by atoms with E-state index in [0.29, 0.717) is 0 Å². The average molecular weight is 297 g/mol. The molecule has 0 N–H and O–H groups in total. The first kappa shape index (κ1) is 14.8. The van der Waals surface area contributed by atoms with Gasteiger partial charge in [0.05, 0.1) is 12.5 Å². The number of carbonyl (C=O) groups is 1. The van der Waals surface area contributed by atoms with Gasteiger partial charge in [-0.1, -0.05) is 42.0 Å². The molecule has 0 aliphatic carbocycles. The fraction of sp³-hybridized carbons (Fsp3) is 0.316. The molecule has 1 unspecified atom stereocenters. The SMILES string of the molecule is Cc1ccc(C2CCCN2C(=O)Cc2cccc(F)c2)cc1. The minimum absolute atomic E-state index is 0.0775. The molecule has 0 bridgehead atoms. The van der Waals surface area contributed by atoms with Crippen molar-refractivity contribution in [2.45, 2.75) is 32.2 Å². The zero-order valence-corrected chi connectivity index (χ0v) is 12.8. The lowest BCUT2D eigenvalue weighted by Gasteiger charge is -2.25. The van der Waals surface area contributed by atoms with Gasteiger partial charge < -0.3 is 4.90 Å². The molecule has 2 nitrogen and oxygen atoms in total. The maximum Gasteiger partial charge on any atom is 0.227 e. The molecule has 3 heteroatoms. The van der Waals surface area contributed by atoms with E-state index >= 15 is 0 Å². The number of halogens is 1. The number of aryl methyl sites for hydroxylation is 1.